The summed E-state index contributed by atoms with van der Waals surface area (Å²) in [5.74, 6) is 4.00. The first-order valence-electron chi connectivity index (χ1n) is 6.91. The van der Waals surface area contributed by atoms with Gasteiger partial charge in [0.1, 0.15) is 0 Å². The summed E-state index contributed by atoms with van der Waals surface area (Å²) in [4.78, 5) is 12.3. The predicted molar refractivity (Wildman–Crippen MR) is 71.9 cm³/mol. The van der Waals surface area contributed by atoms with Crippen LogP contribution in [0.4, 0.5) is 0 Å². The molecule has 1 amide bonds. The Bertz CT molecular complexity index is 325. The Morgan fingerprint density at radius 3 is 2.41 bits per heavy atom. The molecule has 0 heterocycles. The van der Waals surface area contributed by atoms with Crippen molar-refractivity contribution < 1.29 is 4.79 Å². The fourth-order valence-corrected chi connectivity index (χ4v) is 5.38. The van der Waals surface area contributed by atoms with Gasteiger partial charge in [-0.05, 0) is 63.2 Å². The number of hydrogen-bond donors (Lipinski definition) is 1. The Morgan fingerprint density at radius 1 is 1.29 bits per heavy atom. The molecule has 0 aromatic heterocycles. The molecule has 3 aliphatic rings. The first-order valence-corrected chi connectivity index (χ1v) is 8.03. The lowest BCUT2D eigenvalue weighted by Crippen LogP contribution is -2.45. The van der Waals surface area contributed by atoms with Crippen LogP contribution >= 0.6 is 15.9 Å². The zero-order valence-electron chi connectivity index (χ0n) is 10.7. The van der Waals surface area contributed by atoms with Gasteiger partial charge in [0.15, 0.2) is 0 Å². The number of carbonyl (C=O) groups is 1. The van der Waals surface area contributed by atoms with E-state index in [1.54, 1.807) is 0 Å². The molecule has 2 bridgehead atoms. The highest BCUT2D eigenvalue weighted by molar-refractivity contribution is 9.09. The summed E-state index contributed by atoms with van der Waals surface area (Å²) < 4.78 is 0. The Kier molecular flexibility index (Phi) is 2.81. The molecule has 17 heavy (non-hydrogen) atoms. The topological polar surface area (TPSA) is 29.1 Å². The molecule has 3 fully saturated rings. The molecule has 0 radical (unpaired) electrons. The standard InChI is InChI=1S/C14H22BrNO/c1-14(2,5-6-15)16-13(17)12-10-8-3-4-9(7-8)11(10)12/h8-12H,3-7H2,1-2H3,(H,16,17). The molecular weight excluding hydrogens is 278 g/mol. The summed E-state index contributed by atoms with van der Waals surface area (Å²) in [7, 11) is 0. The van der Waals surface area contributed by atoms with Crippen LogP contribution in [0.1, 0.15) is 39.5 Å². The van der Waals surface area contributed by atoms with E-state index in [1.807, 2.05) is 0 Å². The SMILES string of the molecule is CC(C)(CCBr)NC(=O)C1C2C3CCC(C3)C12. The molecule has 0 spiro atoms. The van der Waals surface area contributed by atoms with E-state index in [4.69, 9.17) is 0 Å². The maximum atomic E-state index is 12.3. The fourth-order valence-electron chi connectivity index (χ4n) is 4.39. The third kappa shape index (κ3) is 1.94. The van der Waals surface area contributed by atoms with E-state index in [1.165, 1.54) is 19.3 Å². The van der Waals surface area contributed by atoms with Gasteiger partial charge in [-0.15, -0.1) is 0 Å². The van der Waals surface area contributed by atoms with Crippen LogP contribution in [0.25, 0.3) is 0 Å². The molecule has 0 saturated heterocycles. The van der Waals surface area contributed by atoms with E-state index < -0.39 is 0 Å². The van der Waals surface area contributed by atoms with Gasteiger partial charge in [-0.3, -0.25) is 4.79 Å². The second-order valence-corrected chi connectivity index (χ2v) is 7.62. The van der Waals surface area contributed by atoms with E-state index in [0.29, 0.717) is 11.8 Å². The van der Waals surface area contributed by atoms with Crippen molar-refractivity contribution in [1.82, 2.24) is 5.32 Å². The molecule has 0 aromatic carbocycles. The van der Waals surface area contributed by atoms with Crippen LogP contribution in [-0.2, 0) is 4.79 Å². The Balaban J connectivity index is 1.59. The number of nitrogens with one attached hydrogen (secondary N) is 1. The molecule has 96 valence electrons. The molecule has 3 aliphatic carbocycles. The summed E-state index contributed by atoms with van der Waals surface area (Å²) in [5, 5.41) is 4.20. The van der Waals surface area contributed by atoms with Gasteiger partial charge in [-0.1, -0.05) is 15.9 Å². The van der Waals surface area contributed by atoms with Gasteiger partial charge in [-0.2, -0.15) is 0 Å². The van der Waals surface area contributed by atoms with E-state index in [-0.39, 0.29) is 5.54 Å². The second kappa shape index (κ2) is 3.97. The number of carbonyl (C=O) groups excluding carboxylic acids is 1. The number of alkyl halides is 1. The van der Waals surface area contributed by atoms with Crippen molar-refractivity contribution in [1.29, 1.82) is 0 Å². The maximum Gasteiger partial charge on any atom is 0.224 e. The van der Waals surface area contributed by atoms with Crippen molar-refractivity contribution in [2.75, 3.05) is 5.33 Å². The van der Waals surface area contributed by atoms with Gasteiger partial charge < -0.3 is 5.32 Å². The molecular formula is C14H22BrNO. The van der Waals surface area contributed by atoms with Gasteiger partial charge in [0.2, 0.25) is 5.91 Å². The molecule has 3 saturated carbocycles. The molecule has 0 aliphatic heterocycles. The minimum atomic E-state index is -0.0590. The fraction of sp³-hybridized carbons (Fsp3) is 0.929. The molecule has 3 heteroatoms. The molecule has 3 rings (SSSR count). The first kappa shape index (κ1) is 12.0. The Morgan fingerprint density at radius 2 is 1.88 bits per heavy atom. The van der Waals surface area contributed by atoms with E-state index in [2.05, 4.69) is 35.1 Å². The van der Waals surface area contributed by atoms with Gasteiger partial charge in [0.05, 0.1) is 0 Å². The summed E-state index contributed by atoms with van der Waals surface area (Å²) in [5.41, 5.74) is -0.0590. The Labute approximate surface area is 112 Å². The quantitative estimate of drug-likeness (QED) is 0.795. The molecule has 4 atom stereocenters. The lowest BCUT2D eigenvalue weighted by Gasteiger charge is -2.26. The monoisotopic (exact) mass is 299 g/mol. The highest BCUT2D eigenvalue weighted by atomic mass is 79.9. The highest BCUT2D eigenvalue weighted by Crippen LogP contribution is 2.69. The number of amides is 1. The van der Waals surface area contributed by atoms with Crippen LogP contribution in [0, 0.1) is 29.6 Å². The van der Waals surface area contributed by atoms with Gasteiger partial charge in [-0.25, -0.2) is 0 Å². The normalized spacial score (nSPS) is 42.4. The zero-order valence-corrected chi connectivity index (χ0v) is 12.3. The highest BCUT2D eigenvalue weighted by Gasteiger charge is 2.67. The van der Waals surface area contributed by atoms with Crippen molar-refractivity contribution in [3.8, 4) is 0 Å². The largest absolute Gasteiger partial charge is 0.351 e. The lowest BCUT2D eigenvalue weighted by molar-refractivity contribution is -0.124. The van der Waals surface area contributed by atoms with Crippen molar-refractivity contribution in [3.05, 3.63) is 0 Å². The molecule has 4 unspecified atom stereocenters. The minimum Gasteiger partial charge on any atom is -0.351 e. The summed E-state index contributed by atoms with van der Waals surface area (Å²) in [6.07, 6.45) is 5.19. The van der Waals surface area contributed by atoms with Gasteiger partial charge in [0, 0.05) is 16.8 Å². The first-order chi connectivity index (χ1) is 8.03. The predicted octanol–water partition coefficient (Wildman–Crippen LogP) is 2.96. The number of hydrogen-bond acceptors (Lipinski definition) is 1. The van der Waals surface area contributed by atoms with Crippen LogP contribution in [0.15, 0.2) is 0 Å². The van der Waals surface area contributed by atoms with E-state index >= 15 is 0 Å². The smallest absolute Gasteiger partial charge is 0.224 e. The van der Waals surface area contributed by atoms with Crippen LogP contribution in [0.2, 0.25) is 0 Å². The van der Waals surface area contributed by atoms with Crippen LogP contribution in [-0.4, -0.2) is 16.8 Å². The maximum absolute atomic E-state index is 12.3. The molecule has 0 aromatic rings. The van der Waals surface area contributed by atoms with Crippen molar-refractivity contribution in [2.24, 2.45) is 29.6 Å². The van der Waals surface area contributed by atoms with Gasteiger partial charge >= 0.3 is 0 Å². The molecule has 2 nitrogen and oxygen atoms in total. The van der Waals surface area contributed by atoms with Crippen molar-refractivity contribution in [3.63, 3.8) is 0 Å². The number of fused-ring (bicyclic) bond motifs is 5. The number of halogens is 1. The van der Waals surface area contributed by atoms with Gasteiger partial charge in [0.25, 0.3) is 0 Å². The number of rotatable bonds is 4. The van der Waals surface area contributed by atoms with E-state index in [9.17, 15) is 4.79 Å². The van der Waals surface area contributed by atoms with Crippen LogP contribution in [0.3, 0.4) is 0 Å². The third-order valence-electron chi connectivity index (χ3n) is 5.22. The average Bonchev–Trinajstić information content (AvgIpc) is 2.68. The molecule has 1 N–H and O–H groups in total. The Hall–Kier alpha value is -0.0500. The summed E-state index contributed by atoms with van der Waals surface area (Å²) in [6, 6.07) is 0. The zero-order chi connectivity index (χ0) is 12.2. The van der Waals surface area contributed by atoms with E-state index in [0.717, 1.165) is 35.4 Å². The second-order valence-electron chi connectivity index (χ2n) is 6.83. The summed E-state index contributed by atoms with van der Waals surface area (Å²) in [6.45, 7) is 4.25. The van der Waals surface area contributed by atoms with Crippen molar-refractivity contribution >= 4 is 21.8 Å². The minimum absolute atomic E-state index is 0.0590. The lowest BCUT2D eigenvalue weighted by atomic mass is 9.98. The average molecular weight is 300 g/mol. The third-order valence-corrected chi connectivity index (χ3v) is 5.62. The van der Waals surface area contributed by atoms with Crippen LogP contribution in [0.5, 0.6) is 0 Å². The van der Waals surface area contributed by atoms with Crippen LogP contribution < -0.4 is 5.32 Å². The van der Waals surface area contributed by atoms with Crippen molar-refractivity contribution in [2.45, 2.75) is 45.1 Å². The summed E-state index contributed by atoms with van der Waals surface area (Å²) >= 11 is 3.45.